The van der Waals surface area contributed by atoms with Gasteiger partial charge in [-0.05, 0) is 6.92 Å². The first kappa shape index (κ1) is 9.13. The van der Waals surface area contributed by atoms with Gasteiger partial charge in [-0.15, -0.1) is 0 Å². The SMILES string of the molecule is C=C(C)C(=O)OON(C)C. The first-order valence-corrected chi connectivity index (χ1v) is 2.76. The third kappa shape index (κ3) is 4.05. The number of hydroxylamine groups is 2. The zero-order valence-electron chi connectivity index (χ0n) is 6.38. The van der Waals surface area contributed by atoms with Crippen LogP contribution in [0.5, 0.6) is 0 Å². The van der Waals surface area contributed by atoms with Crippen LogP contribution in [0.25, 0.3) is 0 Å². The van der Waals surface area contributed by atoms with Crippen LogP contribution in [0.1, 0.15) is 6.92 Å². The minimum absolute atomic E-state index is 0.307. The van der Waals surface area contributed by atoms with E-state index in [9.17, 15) is 4.79 Å². The molecular weight excluding hydrogens is 134 g/mol. The molecule has 0 aliphatic heterocycles. The van der Waals surface area contributed by atoms with Crippen LogP contribution in [0.4, 0.5) is 0 Å². The van der Waals surface area contributed by atoms with E-state index in [2.05, 4.69) is 16.5 Å². The molecule has 0 aliphatic rings. The Hall–Kier alpha value is -0.870. The summed E-state index contributed by atoms with van der Waals surface area (Å²) in [4.78, 5) is 19.2. The Morgan fingerprint density at radius 1 is 1.50 bits per heavy atom. The smallest absolute Gasteiger partial charge is 0.275 e. The molecule has 0 aromatic carbocycles. The van der Waals surface area contributed by atoms with Crippen molar-refractivity contribution in [3.05, 3.63) is 12.2 Å². The number of nitrogens with zero attached hydrogens (tertiary/aromatic N) is 1. The van der Waals surface area contributed by atoms with Crippen molar-refractivity contribution in [3.63, 3.8) is 0 Å². The van der Waals surface area contributed by atoms with E-state index in [1.165, 1.54) is 5.06 Å². The van der Waals surface area contributed by atoms with Crippen LogP contribution in [0.3, 0.4) is 0 Å². The van der Waals surface area contributed by atoms with Gasteiger partial charge in [0.15, 0.2) is 0 Å². The van der Waals surface area contributed by atoms with Gasteiger partial charge in [-0.25, -0.2) is 4.79 Å². The van der Waals surface area contributed by atoms with Crippen LogP contribution < -0.4 is 0 Å². The molecule has 0 radical (unpaired) electrons. The summed E-state index contributed by atoms with van der Waals surface area (Å²) in [7, 11) is 3.21. The molecule has 0 heterocycles. The minimum Gasteiger partial charge on any atom is -0.275 e. The summed E-state index contributed by atoms with van der Waals surface area (Å²) in [6.45, 7) is 4.90. The molecule has 0 unspecified atom stereocenters. The van der Waals surface area contributed by atoms with E-state index in [0.29, 0.717) is 5.57 Å². The molecule has 0 spiro atoms. The van der Waals surface area contributed by atoms with Crippen molar-refractivity contribution in [1.29, 1.82) is 0 Å². The fourth-order valence-corrected chi connectivity index (χ4v) is 0.180. The highest BCUT2D eigenvalue weighted by Crippen LogP contribution is 1.92. The third-order valence-corrected chi connectivity index (χ3v) is 0.610. The van der Waals surface area contributed by atoms with E-state index in [-0.39, 0.29) is 0 Å². The monoisotopic (exact) mass is 145 g/mol. The highest BCUT2D eigenvalue weighted by Gasteiger charge is 2.03. The van der Waals surface area contributed by atoms with Crippen LogP contribution in [0.2, 0.25) is 0 Å². The number of carbonyl (C=O) groups is 1. The fraction of sp³-hybridized carbons (Fsp3) is 0.500. The van der Waals surface area contributed by atoms with Gasteiger partial charge in [-0.2, -0.15) is 5.06 Å². The molecule has 0 N–H and O–H groups in total. The van der Waals surface area contributed by atoms with Crippen molar-refractivity contribution in [3.8, 4) is 0 Å². The largest absolute Gasteiger partial charge is 0.370 e. The van der Waals surface area contributed by atoms with Crippen LogP contribution >= 0.6 is 0 Å². The summed E-state index contributed by atoms with van der Waals surface area (Å²) < 4.78 is 0. The van der Waals surface area contributed by atoms with Gasteiger partial charge in [0, 0.05) is 19.7 Å². The lowest BCUT2D eigenvalue weighted by molar-refractivity contribution is -0.380. The number of hydrogen-bond donors (Lipinski definition) is 0. The lowest BCUT2D eigenvalue weighted by Crippen LogP contribution is -2.16. The summed E-state index contributed by atoms with van der Waals surface area (Å²) in [6, 6.07) is 0. The second kappa shape index (κ2) is 4.03. The minimum atomic E-state index is -0.561. The van der Waals surface area contributed by atoms with Gasteiger partial charge in [-0.3, -0.25) is 4.89 Å². The summed E-state index contributed by atoms with van der Waals surface area (Å²) in [5, 5.41) is 1.26. The number of rotatable bonds is 3. The Labute approximate surface area is 59.9 Å². The highest BCUT2D eigenvalue weighted by atomic mass is 17.3. The summed E-state index contributed by atoms with van der Waals surface area (Å²) >= 11 is 0. The quantitative estimate of drug-likeness (QED) is 0.329. The molecule has 0 fully saturated rings. The van der Waals surface area contributed by atoms with Crippen molar-refractivity contribution < 1.29 is 14.7 Å². The molecule has 0 bridgehead atoms. The molecule has 10 heavy (non-hydrogen) atoms. The average molecular weight is 145 g/mol. The van der Waals surface area contributed by atoms with Crippen LogP contribution in [0.15, 0.2) is 12.2 Å². The molecular formula is C6H11NO3. The van der Waals surface area contributed by atoms with Gasteiger partial charge in [-0.1, -0.05) is 11.6 Å². The molecule has 4 nitrogen and oxygen atoms in total. The summed E-state index contributed by atoms with van der Waals surface area (Å²) in [5.74, 6) is -0.561. The average Bonchev–Trinajstić information content (AvgIpc) is 1.82. The molecule has 0 aromatic rings. The van der Waals surface area contributed by atoms with Crippen LogP contribution in [0, 0.1) is 0 Å². The normalized spacial score (nSPS) is 9.60. The predicted molar refractivity (Wildman–Crippen MR) is 35.7 cm³/mol. The molecule has 4 heteroatoms. The highest BCUT2D eigenvalue weighted by molar-refractivity contribution is 5.86. The number of hydrogen-bond acceptors (Lipinski definition) is 4. The maximum atomic E-state index is 10.6. The lowest BCUT2D eigenvalue weighted by Gasteiger charge is -2.06. The van der Waals surface area contributed by atoms with Crippen molar-refractivity contribution in [2.45, 2.75) is 6.92 Å². The Bertz CT molecular complexity index is 142. The molecule has 0 saturated heterocycles. The van der Waals surface area contributed by atoms with Gasteiger partial charge in [0.2, 0.25) is 0 Å². The van der Waals surface area contributed by atoms with Gasteiger partial charge >= 0.3 is 5.97 Å². The zero-order chi connectivity index (χ0) is 8.15. The van der Waals surface area contributed by atoms with E-state index in [4.69, 9.17) is 0 Å². The van der Waals surface area contributed by atoms with Gasteiger partial charge in [0.05, 0.1) is 0 Å². The first-order chi connectivity index (χ1) is 4.54. The molecule has 58 valence electrons. The van der Waals surface area contributed by atoms with Crippen molar-refractivity contribution in [1.82, 2.24) is 5.06 Å². The van der Waals surface area contributed by atoms with Crippen molar-refractivity contribution in [2.24, 2.45) is 0 Å². The van der Waals surface area contributed by atoms with Crippen LogP contribution in [-0.4, -0.2) is 25.1 Å². The molecule has 0 aliphatic carbocycles. The van der Waals surface area contributed by atoms with Crippen molar-refractivity contribution >= 4 is 5.97 Å². The van der Waals surface area contributed by atoms with Gasteiger partial charge < -0.3 is 0 Å². The topological polar surface area (TPSA) is 38.8 Å². The lowest BCUT2D eigenvalue weighted by atomic mass is 10.4. The van der Waals surface area contributed by atoms with E-state index in [0.717, 1.165) is 0 Å². The molecule has 0 aromatic heterocycles. The van der Waals surface area contributed by atoms with Crippen molar-refractivity contribution in [2.75, 3.05) is 14.1 Å². The Kier molecular flexibility index (Phi) is 3.68. The van der Waals surface area contributed by atoms with E-state index in [1.807, 2.05) is 0 Å². The summed E-state index contributed by atoms with van der Waals surface area (Å²) in [5.41, 5.74) is 0.307. The fourth-order valence-electron chi connectivity index (χ4n) is 0.180. The Morgan fingerprint density at radius 2 is 2.00 bits per heavy atom. The maximum absolute atomic E-state index is 10.6. The van der Waals surface area contributed by atoms with E-state index < -0.39 is 5.97 Å². The molecule has 0 amide bonds. The zero-order valence-corrected chi connectivity index (χ0v) is 6.38. The first-order valence-electron chi connectivity index (χ1n) is 2.76. The predicted octanol–water partition coefficient (Wildman–Crippen LogP) is 0.514. The van der Waals surface area contributed by atoms with Gasteiger partial charge in [0.1, 0.15) is 0 Å². The van der Waals surface area contributed by atoms with Gasteiger partial charge in [0.25, 0.3) is 0 Å². The second-order valence-electron chi connectivity index (χ2n) is 2.04. The molecule has 0 rings (SSSR count). The van der Waals surface area contributed by atoms with E-state index in [1.54, 1.807) is 21.0 Å². The number of carbonyl (C=O) groups excluding carboxylic acids is 1. The molecule has 0 saturated carbocycles. The van der Waals surface area contributed by atoms with E-state index >= 15 is 0 Å². The Morgan fingerprint density at radius 3 is 2.30 bits per heavy atom. The Balaban J connectivity index is 3.50. The van der Waals surface area contributed by atoms with Crippen LogP contribution in [-0.2, 0) is 14.7 Å². The second-order valence-corrected chi connectivity index (χ2v) is 2.04. The third-order valence-electron chi connectivity index (χ3n) is 0.610. The maximum Gasteiger partial charge on any atom is 0.370 e. The molecule has 0 atom stereocenters. The standard InChI is InChI=1S/C6H11NO3/c1-5(2)6(8)9-10-7(3)4/h1H2,2-4H3. The summed E-state index contributed by atoms with van der Waals surface area (Å²) in [6.07, 6.45) is 0.